The summed E-state index contributed by atoms with van der Waals surface area (Å²) in [6, 6.07) is 17.6. The van der Waals surface area contributed by atoms with Crippen molar-refractivity contribution in [2.75, 3.05) is 53.9 Å². The highest BCUT2D eigenvalue weighted by atomic mass is 16.5. The molecule has 0 saturated carbocycles. The lowest BCUT2D eigenvalue weighted by Gasteiger charge is -2.38. The van der Waals surface area contributed by atoms with Crippen LogP contribution in [0.1, 0.15) is 29.9 Å². The molecule has 3 aliphatic heterocycles. The van der Waals surface area contributed by atoms with Gasteiger partial charge >= 0.3 is 12.1 Å². The molecule has 38 heavy (non-hydrogen) atoms. The number of imide groups is 1. The summed E-state index contributed by atoms with van der Waals surface area (Å²) >= 11 is 0. The van der Waals surface area contributed by atoms with Gasteiger partial charge in [-0.1, -0.05) is 42.5 Å². The molecule has 3 aliphatic rings. The zero-order valence-electron chi connectivity index (χ0n) is 22.4. The molecule has 3 heterocycles. The van der Waals surface area contributed by atoms with Crippen molar-refractivity contribution >= 4 is 18.0 Å². The SMILES string of the molecule is COc1ccc(CN2C(=O)NC3(CCN(C[C@H]4CN(C(=O)N(C)C)C[C@@H]4c4ccccc4)CC3)C2=O)cc1. The first-order chi connectivity index (χ1) is 18.3. The van der Waals surface area contributed by atoms with Gasteiger partial charge in [0.05, 0.1) is 13.7 Å². The number of nitrogens with one attached hydrogen (secondary N) is 1. The van der Waals surface area contributed by atoms with E-state index in [9.17, 15) is 14.4 Å². The topological polar surface area (TPSA) is 85.4 Å². The van der Waals surface area contributed by atoms with Gasteiger partial charge in [0.1, 0.15) is 11.3 Å². The first-order valence-electron chi connectivity index (χ1n) is 13.3. The minimum Gasteiger partial charge on any atom is -0.497 e. The average molecular weight is 520 g/mol. The lowest BCUT2D eigenvalue weighted by atomic mass is 9.85. The Kier molecular flexibility index (Phi) is 7.29. The maximum Gasteiger partial charge on any atom is 0.325 e. The van der Waals surface area contributed by atoms with E-state index in [1.54, 1.807) is 26.1 Å². The van der Waals surface area contributed by atoms with Crippen LogP contribution in [0.3, 0.4) is 0 Å². The average Bonchev–Trinajstić information content (AvgIpc) is 3.45. The first-order valence-corrected chi connectivity index (χ1v) is 13.3. The molecule has 3 saturated heterocycles. The number of hydrogen-bond donors (Lipinski definition) is 1. The predicted molar refractivity (Wildman–Crippen MR) is 144 cm³/mol. The number of ether oxygens (including phenoxy) is 1. The second kappa shape index (κ2) is 10.6. The van der Waals surface area contributed by atoms with E-state index in [1.165, 1.54) is 10.5 Å². The molecule has 2 aromatic carbocycles. The van der Waals surface area contributed by atoms with Crippen LogP contribution in [-0.2, 0) is 11.3 Å². The number of hydrogen-bond acceptors (Lipinski definition) is 5. The maximum absolute atomic E-state index is 13.4. The smallest absolute Gasteiger partial charge is 0.325 e. The third-order valence-electron chi connectivity index (χ3n) is 8.27. The number of urea groups is 2. The summed E-state index contributed by atoms with van der Waals surface area (Å²) in [5.74, 6) is 1.17. The molecule has 0 aromatic heterocycles. The molecule has 5 rings (SSSR count). The van der Waals surface area contributed by atoms with Gasteiger partial charge in [0.2, 0.25) is 0 Å². The second-order valence-electron chi connectivity index (χ2n) is 10.9. The van der Waals surface area contributed by atoms with Gasteiger partial charge in [-0.25, -0.2) is 9.59 Å². The van der Waals surface area contributed by atoms with Crippen LogP contribution in [0, 0.1) is 5.92 Å². The molecule has 9 heteroatoms. The van der Waals surface area contributed by atoms with Crippen LogP contribution in [0.25, 0.3) is 0 Å². The van der Waals surface area contributed by atoms with E-state index in [4.69, 9.17) is 4.74 Å². The Morgan fingerprint density at radius 3 is 2.34 bits per heavy atom. The van der Waals surface area contributed by atoms with Gasteiger partial charge in [0.15, 0.2) is 0 Å². The van der Waals surface area contributed by atoms with Gasteiger partial charge in [-0.05, 0) is 42.0 Å². The molecule has 1 spiro atoms. The lowest BCUT2D eigenvalue weighted by Crippen LogP contribution is -2.55. The summed E-state index contributed by atoms with van der Waals surface area (Å²) in [5, 5.41) is 3.02. The highest BCUT2D eigenvalue weighted by Crippen LogP contribution is 2.36. The van der Waals surface area contributed by atoms with Crippen molar-refractivity contribution in [3.63, 3.8) is 0 Å². The van der Waals surface area contributed by atoms with E-state index in [0.717, 1.165) is 30.9 Å². The zero-order chi connectivity index (χ0) is 26.9. The first kappa shape index (κ1) is 26.0. The van der Waals surface area contributed by atoms with Gasteiger partial charge in [0, 0.05) is 52.7 Å². The summed E-state index contributed by atoms with van der Waals surface area (Å²) < 4.78 is 5.20. The number of methoxy groups -OCH3 is 1. The molecule has 5 amide bonds. The van der Waals surface area contributed by atoms with Gasteiger partial charge in [-0.3, -0.25) is 9.69 Å². The predicted octanol–water partition coefficient (Wildman–Crippen LogP) is 2.98. The van der Waals surface area contributed by atoms with Gasteiger partial charge < -0.3 is 24.8 Å². The Labute approximate surface area is 224 Å². The van der Waals surface area contributed by atoms with E-state index in [1.807, 2.05) is 35.2 Å². The largest absolute Gasteiger partial charge is 0.497 e. The number of carbonyl (C=O) groups excluding carboxylic acids is 3. The quantitative estimate of drug-likeness (QED) is 0.594. The number of piperidine rings is 1. The van der Waals surface area contributed by atoms with E-state index in [-0.39, 0.29) is 30.4 Å². The van der Waals surface area contributed by atoms with Crippen molar-refractivity contribution in [3.05, 3.63) is 65.7 Å². The number of carbonyl (C=O) groups is 3. The van der Waals surface area contributed by atoms with Crippen LogP contribution in [0.15, 0.2) is 54.6 Å². The molecule has 1 N–H and O–H groups in total. The summed E-state index contributed by atoms with van der Waals surface area (Å²) in [6.07, 6.45) is 1.17. The zero-order valence-corrected chi connectivity index (χ0v) is 22.4. The normalized spacial score (nSPS) is 23.1. The molecular formula is C29H37N5O4. The Morgan fingerprint density at radius 2 is 1.71 bits per heavy atom. The molecule has 3 fully saturated rings. The molecule has 0 unspecified atom stereocenters. The second-order valence-corrected chi connectivity index (χ2v) is 10.9. The van der Waals surface area contributed by atoms with Crippen LogP contribution in [0.5, 0.6) is 5.75 Å². The van der Waals surface area contributed by atoms with E-state index in [0.29, 0.717) is 31.8 Å². The van der Waals surface area contributed by atoms with Crippen molar-refractivity contribution in [2.24, 2.45) is 5.92 Å². The lowest BCUT2D eigenvalue weighted by molar-refractivity contribution is -0.133. The van der Waals surface area contributed by atoms with Crippen LogP contribution >= 0.6 is 0 Å². The number of rotatable bonds is 6. The van der Waals surface area contributed by atoms with Gasteiger partial charge in [-0.15, -0.1) is 0 Å². The van der Waals surface area contributed by atoms with Crippen LogP contribution < -0.4 is 10.1 Å². The van der Waals surface area contributed by atoms with Gasteiger partial charge in [-0.2, -0.15) is 0 Å². The number of benzene rings is 2. The number of amides is 5. The molecule has 9 nitrogen and oxygen atoms in total. The van der Waals surface area contributed by atoms with E-state index >= 15 is 0 Å². The molecule has 202 valence electrons. The summed E-state index contributed by atoms with van der Waals surface area (Å²) in [7, 11) is 5.20. The molecule has 2 atom stereocenters. The Balaban J connectivity index is 1.22. The van der Waals surface area contributed by atoms with Crippen molar-refractivity contribution in [1.82, 2.24) is 24.9 Å². The van der Waals surface area contributed by atoms with Crippen molar-refractivity contribution in [1.29, 1.82) is 0 Å². The molecule has 0 bridgehead atoms. The third kappa shape index (κ3) is 5.07. The molecule has 2 aromatic rings. The van der Waals surface area contributed by atoms with E-state index in [2.05, 4.69) is 34.5 Å². The fourth-order valence-corrected chi connectivity index (χ4v) is 6.09. The Morgan fingerprint density at radius 1 is 1.03 bits per heavy atom. The minimum absolute atomic E-state index is 0.0437. The summed E-state index contributed by atoms with van der Waals surface area (Å²) in [5.41, 5.74) is 1.31. The van der Waals surface area contributed by atoms with Crippen LogP contribution in [-0.4, -0.2) is 97.0 Å². The highest BCUT2D eigenvalue weighted by molar-refractivity contribution is 6.07. The highest BCUT2D eigenvalue weighted by Gasteiger charge is 2.52. The van der Waals surface area contributed by atoms with Crippen LogP contribution in [0.2, 0.25) is 0 Å². The minimum atomic E-state index is -0.832. The van der Waals surface area contributed by atoms with Crippen LogP contribution in [0.4, 0.5) is 9.59 Å². The third-order valence-corrected chi connectivity index (χ3v) is 8.27. The molecule has 0 aliphatic carbocycles. The summed E-state index contributed by atoms with van der Waals surface area (Å²) in [4.78, 5) is 46.3. The number of nitrogens with zero attached hydrogens (tertiary/aromatic N) is 4. The Bertz CT molecular complexity index is 1160. The standard InChI is InChI=1S/C29H37N5O4/c1-31(2)28(37)33-19-23(25(20-33)22-7-5-4-6-8-22)18-32-15-13-29(14-16-32)26(35)34(27(36)30-29)17-21-9-11-24(38-3)12-10-21/h4-12,23,25H,13-20H2,1-3H3,(H,30,36)/t23-,25+/m0/s1. The van der Waals surface area contributed by atoms with Crippen molar-refractivity contribution in [3.8, 4) is 5.75 Å². The molecular weight excluding hydrogens is 482 g/mol. The van der Waals surface area contributed by atoms with Gasteiger partial charge in [0.25, 0.3) is 5.91 Å². The summed E-state index contributed by atoms with van der Waals surface area (Å²) in [6.45, 7) is 3.97. The molecule has 0 radical (unpaired) electrons. The Hall–Kier alpha value is -3.59. The van der Waals surface area contributed by atoms with Crippen molar-refractivity contribution < 1.29 is 19.1 Å². The van der Waals surface area contributed by atoms with E-state index < -0.39 is 5.54 Å². The fourth-order valence-electron chi connectivity index (χ4n) is 6.09. The fraction of sp³-hybridized carbons (Fsp3) is 0.483. The monoisotopic (exact) mass is 519 g/mol. The van der Waals surface area contributed by atoms with Crippen molar-refractivity contribution in [2.45, 2.75) is 30.8 Å². The number of likely N-dealkylation sites (tertiary alicyclic amines) is 2. The maximum atomic E-state index is 13.4.